The monoisotopic (exact) mass is 549 g/mol. The van der Waals surface area contributed by atoms with E-state index in [1.165, 1.54) is 0 Å². The predicted octanol–water partition coefficient (Wildman–Crippen LogP) is 4.80. The molecule has 0 aromatic carbocycles. The molecule has 222 valence electrons. The summed E-state index contributed by atoms with van der Waals surface area (Å²) in [7, 11) is 0. The first kappa shape index (κ1) is 34.5. The second kappa shape index (κ2) is 17.9. The number of amidine groups is 1. The molecule has 1 aliphatic heterocycles. The third kappa shape index (κ3) is 12.4. The van der Waals surface area contributed by atoms with Crippen LogP contribution in [0.4, 0.5) is 0 Å². The summed E-state index contributed by atoms with van der Waals surface area (Å²) in [6, 6.07) is -0.463. The van der Waals surface area contributed by atoms with Gasteiger partial charge in [-0.15, -0.1) is 0 Å². The van der Waals surface area contributed by atoms with Gasteiger partial charge in [0.1, 0.15) is 0 Å². The molecule has 0 aromatic heterocycles. The number of Topliss-reactive ketones (excluding diaryl/α,β-unsaturated/α-hetero) is 1. The minimum absolute atomic E-state index is 0.0496. The number of nitro groups is 1. The van der Waals surface area contributed by atoms with Gasteiger partial charge >= 0.3 is 6.02 Å². The van der Waals surface area contributed by atoms with Crippen LogP contribution in [-0.4, -0.2) is 66.6 Å². The predicted molar refractivity (Wildman–Crippen MR) is 157 cm³/mol. The second-order valence-corrected chi connectivity index (χ2v) is 10.9. The fraction of sp³-hybridized carbons (Fsp3) is 0.724. The van der Waals surface area contributed by atoms with Crippen LogP contribution >= 0.6 is 0 Å². The number of allylic oxidation sites excluding steroid dienone is 3. The molecule has 0 aliphatic carbocycles. The van der Waals surface area contributed by atoms with Crippen molar-refractivity contribution in [2.24, 2.45) is 22.7 Å². The second-order valence-electron chi connectivity index (χ2n) is 10.9. The Morgan fingerprint density at radius 1 is 1.26 bits per heavy atom. The van der Waals surface area contributed by atoms with E-state index in [-0.39, 0.29) is 23.2 Å². The molecular weight excluding hydrogens is 498 g/mol. The fourth-order valence-electron chi connectivity index (χ4n) is 4.59. The maximum atomic E-state index is 13.2. The number of nitrogens with two attached hydrogens (primary N) is 1. The van der Waals surface area contributed by atoms with E-state index in [4.69, 9.17) is 15.5 Å². The molecule has 3 N–H and O–H groups in total. The van der Waals surface area contributed by atoms with Crippen LogP contribution in [0.15, 0.2) is 40.1 Å². The van der Waals surface area contributed by atoms with E-state index in [9.17, 15) is 14.9 Å². The van der Waals surface area contributed by atoms with Gasteiger partial charge in [0.05, 0.1) is 18.7 Å². The summed E-state index contributed by atoms with van der Waals surface area (Å²) in [4.78, 5) is 35.1. The van der Waals surface area contributed by atoms with Gasteiger partial charge in [0.15, 0.2) is 5.78 Å². The zero-order valence-corrected chi connectivity index (χ0v) is 25.1. The average molecular weight is 550 g/mol. The molecule has 1 fully saturated rings. The van der Waals surface area contributed by atoms with Crippen molar-refractivity contribution >= 4 is 11.8 Å². The normalized spacial score (nSPS) is 17.6. The lowest BCUT2D eigenvalue weighted by Crippen LogP contribution is -2.43. The summed E-state index contributed by atoms with van der Waals surface area (Å²) < 4.78 is 5.87. The van der Waals surface area contributed by atoms with E-state index in [1.54, 1.807) is 13.8 Å². The Hall–Kier alpha value is -2.56. The van der Waals surface area contributed by atoms with Gasteiger partial charge in [-0.1, -0.05) is 39.0 Å². The Morgan fingerprint density at radius 2 is 1.90 bits per heavy atom. The van der Waals surface area contributed by atoms with Crippen molar-refractivity contribution in [3.63, 3.8) is 0 Å². The molecule has 1 unspecified atom stereocenters. The minimum atomic E-state index is -0.514. The number of likely N-dealkylation sites (tertiary alicyclic amines) is 1. The number of carbonyl (C=O) groups excluding carboxylic acids is 1. The van der Waals surface area contributed by atoms with Crippen molar-refractivity contribution in [1.29, 1.82) is 0 Å². The molecular formula is C29H51N5O5. The highest BCUT2D eigenvalue weighted by Crippen LogP contribution is 2.23. The number of hydrogen-bond acceptors (Lipinski definition) is 8. The number of aliphatic imine (C=N–C) groups is 1. The molecule has 0 spiro atoms. The zero-order chi connectivity index (χ0) is 29.5. The van der Waals surface area contributed by atoms with Crippen molar-refractivity contribution in [1.82, 2.24) is 10.2 Å². The van der Waals surface area contributed by atoms with Gasteiger partial charge in [-0.2, -0.15) is 5.90 Å². The summed E-state index contributed by atoms with van der Waals surface area (Å²) in [5.41, 5.74) is 3.31. The Morgan fingerprint density at radius 3 is 2.44 bits per heavy atom. The van der Waals surface area contributed by atoms with Gasteiger partial charge in [-0.05, 0) is 77.2 Å². The molecule has 0 saturated carbocycles. The van der Waals surface area contributed by atoms with Crippen LogP contribution < -0.4 is 11.2 Å². The maximum absolute atomic E-state index is 13.2. The van der Waals surface area contributed by atoms with E-state index in [2.05, 4.69) is 21.8 Å². The third-order valence-electron chi connectivity index (χ3n) is 7.25. The first-order chi connectivity index (χ1) is 18.4. The SMILES string of the molecule is C=C(N=C(ON)N1CCC(CCCOC/C=C(C)\C(C(=O)C(C)N[C@H](C)C[N+](=O)[O-])=C(\C)CC)CC1)C(C)C. The molecule has 39 heavy (non-hydrogen) atoms. The van der Waals surface area contributed by atoms with Crippen LogP contribution in [0.5, 0.6) is 0 Å². The molecule has 1 saturated heterocycles. The number of ether oxygens (including phenoxy) is 1. The van der Waals surface area contributed by atoms with Crippen LogP contribution in [0.25, 0.3) is 0 Å². The van der Waals surface area contributed by atoms with Crippen LogP contribution in [0.1, 0.15) is 80.6 Å². The highest BCUT2D eigenvalue weighted by molar-refractivity contribution is 6.03. The molecule has 0 bridgehead atoms. The number of nitrogens with zero attached hydrogens (tertiary/aromatic N) is 3. The highest BCUT2D eigenvalue weighted by Gasteiger charge is 2.24. The number of piperidine rings is 1. The Bertz CT molecular complexity index is 904. The molecule has 2 atom stereocenters. The maximum Gasteiger partial charge on any atom is 0.311 e. The highest BCUT2D eigenvalue weighted by atomic mass is 16.6. The molecule has 10 nitrogen and oxygen atoms in total. The number of carbonyl (C=O) groups is 1. The quantitative estimate of drug-likeness (QED) is 0.0534. The van der Waals surface area contributed by atoms with Gasteiger partial charge in [0.2, 0.25) is 6.54 Å². The van der Waals surface area contributed by atoms with Crippen LogP contribution in [0.2, 0.25) is 0 Å². The molecule has 10 heteroatoms. The lowest BCUT2D eigenvalue weighted by atomic mass is 9.92. The lowest BCUT2D eigenvalue weighted by Gasteiger charge is -2.32. The topological polar surface area (TPSA) is 132 Å². The summed E-state index contributed by atoms with van der Waals surface area (Å²) in [6.07, 6.45) is 6.87. The van der Waals surface area contributed by atoms with Crippen LogP contribution in [-0.2, 0) is 14.4 Å². The minimum Gasteiger partial charge on any atom is -0.377 e. The van der Waals surface area contributed by atoms with Crippen molar-refractivity contribution in [3.05, 3.63) is 45.2 Å². The number of nitrogens with one attached hydrogen (secondary N) is 1. The van der Waals surface area contributed by atoms with Gasteiger partial charge in [-0.25, -0.2) is 4.99 Å². The summed E-state index contributed by atoms with van der Waals surface area (Å²) in [5, 5.41) is 13.8. The summed E-state index contributed by atoms with van der Waals surface area (Å²) in [6.45, 7) is 20.0. The van der Waals surface area contributed by atoms with Crippen molar-refractivity contribution in [2.45, 2.75) is 92.7 Å². The first-order valence-electron chi connectivity index (χ1n) is 14.2. The number of hydrogen-bond donors (Lipinski definition) is 2. The lowest BCUT2D eigenvalue weighted by molar-refractivity contribution is -0.483. The summed E-state index contributed by atoms with van der Waals surface area (Å²) >= 11 is 0. The number of ketones is 1. The van der Waals surface area contributed by atoms with Gasteiger partial charge in [-0.3, -0.25) is 20.2 Å². The van der Waals surface area contributed by atoms with E-state index < -0.39 is 12.1 Å². The average Bonchev–Trinajstić information content (AvgIpc) is 2.88. The molecule has 0 amide bonds. The molecule has 0 radical (unpaired) electrons. The Labute approximate surface area is 234 Å². The molecule has 1 aliphatic rings. The van der Waals surface area contributed by atoms with E-state index in [1.807, 2.05) is 40.7 Å². The van der Waals surface area contributed by atoms with Crippen LogP contribution in [0.3, 0.4) is 0 Å². The first-order valence-corrected chi connectivity index (χ1v) is 14.2. The standard InChI is InChI=1S/C29H51N5O5/c1-9-21(4)27(28(35)25(8)31-23(6)19-34(36)37)22(5)14-18-38-17-10-11-26-12-15-33(16-13-26)29(39-30)32-24(7)20(2)3/h14,20,23,25-26,31H,7,9-13,15-19,30H2,1-6,8H3/b22-14-,27-21+,32-29?/t23-,25?/m1/s1. The van der Waals surface area contributed by atoms with E-state index >= 15 is 0 Å². The zero-order valence-electron chi connectivity index (χ0n) is 25.1. The molecule has 1 heterocycles. The third-order valence-corrected chi connectivity index (χ3v) is 7.25. The Balaban J connectivity index is 2.51. The van der Waals surface area contributed by atoms with E-state index in [0.29, 0.717) is 30.7 Å². The fourth-order valence-corrected chi connectivity index (χ4v) is 4.59. The largest absolute Gasteiger partial charge is 0.377 e. The van der Waals surface area contributed by atoms with Gasteiger partial charge in [0, 0.05) is 35.9 Å². The Kier molecular flexibility index (Phi) is 15.8. The molecule has 1 rings (SSSR count). The van der Waals surface area contributed by atoms with Gasteiger partial charge < -0.3 is 14.5 Å². The smallest absolute Gasteiger partial charge is 0.311 e. The van der Waals surface area contributed by atoms with Crippen molar-refractivity contribution < 1.29 is 19.3 Å². The van der Waals surface area contributed by atoms with Crippen LogP contribution in [0, 0.1) is 22.0 Å². The van der Waals surface area contributed by atoms with Crippen molar-refractivity contribution in [3.8, 4) is 0 Å². The molecule has 0 aromatic rings. The van der Waals surface area contributed by atoms with Gasteiger partial charge in [0.25, 0.3) is 0 Å². The number of rotatable bonds is 16. The van der Waals surface area contributed by atoms with E-state index in [0.717, 1.165) is 62.0 Å². The summed E-state index contributed by atoms with van der Waals surface area (Å²) in [5.74, 6) is 6.28. The van der Waals surface area contributed by atoms with Crippen molar-refractivity contribution in [2.75, 3.05) is 32.8 Å².